The van der Waals surface area contributed by atoms with Gasteiger partial charge in [-0.2, -0.15) is 0 Å². The van der Waals surface area contributed by atoms with Crippen LogP contribution >= 0.6 is 0 Å². The smallest absolute Gasteiger partial charge is 0.116 e. The SMILES string of the molecule is CC(C)(C)C.c1ccc2ncncc2c1. The average Bonchev–Trinajstić information content (AvgIpc) is 2.16. The predicted octanol–water partition coefficient (Wildman–Crippen LogP) is 3.68. The molecule has 0 radical (unpaired) electrons. The van der Waals surface area contributed by atoms with E-state index in [-0.39, 0.29) is 0 Å². The molecule has 0 saturated carbocycles. The first-order valence-electron chi connectivity index (χ1n) is 5.11. The Labute approximate surface area is 91.4 Å². The second kappa shape index (κ2) is 4.87. The Morgan fingerprint density at radius 3 is 2.20 bits per heavy atom. The van der Waals surface area contributed by atoms with Crippen LogP contribution in [0.3, 0.4) is 0 Å². The molecule has 0 fully saturated rings. The summed E-state index contributed by atoms with van der Waals surface area (Å²) < 4.78 is 0. The molecule has 0 aliphatic heterocycles. The summed E-state index contributed by atoms with van der Waals surface area (Å²) in [6, 6.07) is 7.91. The maximum absolute atomic E-state index is 4.07. The van der Waals surface area contributed by atoms with Crippen molar-refractivity contribution in [1.82, 2.24) is 9.97 Å². The van der Waals surface area contributed by atoms with Gasteiger partial charge < -0.3 is 0 Å². The van der Waals surface area contributed by atoms with Gasteiger partial charge in [-0.05, 0) is 11.5 Å². The lowest BCUT2D eigenvalue weighted by molar-refractivity contribution is 0.469. The van der Waals surface area contributed by atoms with E-state index in [1.165, 1.54) is 0 Å². The Bertz CT molecular complexity index is 345. The van der Waals surface area contributed by atoms with Gasteiger partial charge in [0.1, 0.15) is 6.33 Å². The highest BCUT2D eigenvalue weighted by molar-refractivity contribution is 5.76. The molecule has 15 heavy (non-hydrogen) atoms. The molecular formula is C13H18N2. The summed E-state index contributed by atoms with van der Waals surface area (Å²) in [5, 5.41) is 1.09. The van der Waals surface area contributed by atoms with Crippen LogP contribution in [0.2, 0.25) is 0 Å². The number of fused-ring (bicyclic) bond motifs is 1. The Morgan fingerprint density at radius 2 is 1.60 bits per heavy atom. The Morgan fingerprint density at radius 1 is 1.00 bits per heavy atom. The highest BCUT2D eigenvalue weighted by Gasteiger charge is 1.95. The fourth-order valence-electron chi connectivity index (χ4n) is 0.923. The number of hydrogen-bond acceptors (Lipinski definition) is 2. The molecule has 80 valence electrons. The van der Waals surface area contributed by atoms with Gasteiger partial charge in [-0.15, -0.1) is 0 Å². The minimum Gasteiger partial charge on any atom is -0.244 e. The predicted molar refractivity (Wildman–Crippen MR) is 64.7 cm³/mol. The van der Waals surface area contributed by atoms with Crippen molar-refractivity contribution in [2.75, 3.05) is 0 Å². The van der Waals surface area contributed by atoms with Gasteiger partial charge in [-0.25, -0.2) is 9.97 Å². The van der Waals surface area contributed by atoms with Gasteiger partial charge in [0.05, 0.1) is 5.52 Å². The molecule has 0 N–H and O–H groups in total. The summed E-state index contributed by atoms with van der Waals surface area (Å²) in [5.74, 6) is 0. The van der Waals surface area contributed by atoms with E-state index in [2.05, 4.69) is 37.7 Å². The Balaban J connectivity index is 0.000000195. The number of para-hydroxylation sites is 1. The molecule has 2 heteroatoms. The molecule has 2 aromatic rings. The Kier molecular flexibility index (Phi) is 3.78. The van der Waals surface area contributed by atoms with E-state index in [1.54, 1.807) is 6.33 Å². The van der Waals surface area contributed by atoms with Crippen LogP contribution in [0.25, 0.3) is 10.9 Å². The molecule has 0 saturated heterocycles. The number of aromatic nitrogens is 2. The zero-order valence-electron chi connectivity index (χ0n) is 9.86. The van der Waals surface area contributed by atoms with E-state index >= 15 is 0 Å². The lowest BCUT2D eigenvalue weighted by Crippen LogP contribution is -1.93. The van der Waals surface area contributed by atoms with Crippen molar-refractivity contribution in [1.29, 1.82) is 0 Å². The maximum Gasteiger partial charge on any atom is 0.116 e. The standard InChI is InChI=1S/C8H6N2.C5H12/c1-2-4-8-7(3-1)5-9-6-10-8;1-5(2,3)4/h1-6H;1-4H3. The summed E-state index contributed by atoms with van der Waals surface area (Å²) in [6.45, 7) is 8.75. The second-order valence-corrected chi connectivity index (χ2v) is 5.08. The van der Waals surface area contributed by atoms with Crippen LogP contribution in [-0.2, 0) is 0 Å². The molecule has 1 aromatic carbocycles. The van der Waals surface area contributed by atoms with E-state index in [0.29, 0.717) is 5.41 Å². The summed E-state index contributed by atoms with van der Waals surface area (Å²) >= 11 is 0. The topological polar surface area (TPSA) is 25.8 Å². The first-order valence-corrected chi connectivity index (χ1v) is 5.11. The summed E-state index contributed by atoms with van der Waals surface area (Å²) in [7, 11) is 0. The van der Waals surface area contributed by atoms with Gasteiger partial charge >= 0.3 is 0 Å². The third kappa shape index (κ3) is 5.11. The first-order chi connectivity index (χ1) is 6.97. The number of benzene rings is 1. The van der Waals surface area contributed by atoms with E-state index in [4.69, 9.17) is 0 Å². The summed E-state index contributed by atoms with van der Waals surface area (Å²) in [4.78, 5) is 7.97. The van der Waals surface area contributed by atoms with Crippen LogP contribution in [0.4, 0.5) is 0 Å². The monoisotopic (exact) mass is 202 g/mol. The van der Waals surface area contributed by atoms with Crippen LogP contribution in [0.15, 0.2) is 36.8 Å². The lowest BCUT2D eigenvalue weighted by Gasteiger charge is -2.05. The largest absolute Gasteiger partial charge is 0.244 e. The molecule has 2 rings (SSSR count). The van der Waals surface area contributed by atoms with Gasteiger partial charge in [0.25, 0.3) is 0 Å². The van der Waals surface area contributed by atoms with E-state index in [0.717, 1.165) is 10.9 Å². The van der Waals surface area contributed by atoms with Gasteiger partial charge in [-0.3, -0.25) is 0 Å². The summed E-state index contributed by atoms with van der Waals surface area (Å²) in [6.07, 6.45) is 3.37. The highest BCUT2D eigenvalue weighted by Crippen LogP contribution is 2.08. The number of hydrogen-bond donors (Lipinski definition) is 0. The van der Waals surface area contributed by atoms with Gasteiger partial charge in [0.15, 0.2) is 0 Å². The van der Waals surface area contributed by atoms with Crippen molar-refractivity contribution >= 4 is 10.9 Å². The maximum atomic E-state index is 4.07. The third-order valence-electron chi connectivity index (χ3n) is 1.41. The highest BCUT2D eigenvalue weighted by atomic mass is 14.8. The minimum absolute atomic E-state index is 0.500. The average molecular weight is 202 g/mol. The van der Waals surface area contributed by atoms with Crippen molar-refractivity contribution in [2.45, 2.75) is 27.7 Å². The summed E-state index contributed by atoms with van der Waals surface area (Å²) in [5.41, 5.74) is 1.50. The molecule has 2 nitrogen and oxygen atoms in total. The van der Waals surface area contributed by atoms with Crippen molar-refractivity contribution in [2.24, 2.45) is 5.41 Å². The van der Waals surface area contributed by atoms with E-state index < -0.39 is 0 Å². The molecule has 0 unspecified atom stereocenters. The zero-order valence-corrected chi connectivity index (χ0v) is 9.86. The fourth-order valence-corrected chi connectivity index (χ4v) is 0.923. The lowest BCUT2D eigenvalue weighted by atomic mass is 10.0. The van der Waals surface area contributed by atoms with Crippen molar-refractivity contribution < 1.29 is 0 Å². The van der Waals surface area contributed by atoms with Crippen LogP contribution in [0, 0.1) is 5.41 Å². The number of nitrogens with zero attached hydrogens (tertiary/aromatic N) is 2. The van der Waals surface area contributed by atoms with Crippen LogP contribution < -0.4 is 0 Å². The number of rotatable bonds is 0. The Hall–Kier alpha value is -1.44. The van der Waals surface area contributed by atoms with Crippen molar-refractivity contribution in [3.05, 3.63) is 36.8 Å². The fraction of sp³-hybridized carbons (Fsp3) is 0.385. The van der Waals surface area contributed by atoms with Crippen molar-refractivity contribution in [3.63, 3.8) is 0 Å². The first kappa shape index (κ1) is 11.6. The van der Waals surface area contributed by atoms with Crippen LogP contribution in [0.1, 0.15) is 27.7 Å². The van der Waals surface area contributed by atoms with Gasteiger partial charge in [-0.1, -0.05) is 45.9 Å². The van der Waals surface area contributed by atoms with Crippen LogP contribution in [0.5, 0.6) is 0 Å². The van der Waals surface area contributed by atoms with E-state index in [1.807, 2.05) is 30.5 Å². The second-order valence-electron chi connectivity index (χ2n) is 5.08. The third-order valence-corrected chi connectivity index (χ3v) is 1.41. The molecule has 0 atom stereocenters. The molecule has 0 bridgehead atoms. The van der Waals surface area contributed by atoms with Gasteiger partial charge in [0.2, 0.25) is 0 Å². The van der Waals surface area contributed by atoms with Crippen molar-refractivity contribution in [3.8, 4) is 0 Å². The minimum atomic E-state index is 0.500. The molecule has 0 amide bonds. The van der Waals surface area contributed by atoms with Crippen LogP contribution in [-0.4, -0.2) is 9.97 Å². The molecule has 0 aliphatic carbocycles. The molecular weight excluding hydrogens is 184 g/mol. The van der Waals surface area contributed by atoms with E-state index in [9.17, 15) is 0 Å². The zero-order chi connectivity index (χ0) is 11.3. The molecule has 1 aromatic heterocycles. The van der Waals surface area contributed by atoms with Gasteiger partial charge in [0, 0.05) is 11.6 Å². The molecule has 1 heterocycles. The quantitative estimate of drug-likeness (QED) is 0.651. The normalized spacial score (nSPS) is 10.7. The molecule has 0 aliphatic rings. The molecule has 0 spiro atoms.